The lowest BCUT2D eigenvalue weighted by Crippen LogP contribution is -2.47. The van der Waals surface area contributed by atoms with E-state index in [9.17, 15) is 9.59 Å². The Morgan fingerprint density at radius 1 is 1.22 bits per heavy atom. The Hall–Kier alpha value is -1.26. The second-order valence-electron chi connectivity index (χ2n) is 5.19. The van der Waals surface area contributed by atoms with Gasteiger partial charge in [0.05, 0.1) is 0 Å². The number of rotatable bonds is 7. The molecule has 1 atom stereocenters. The molecule has 1 N–H and O–H groups in total. The molecule has 0 bridgehead atoms. The third kappa shape index (κ3) is 5.89. The van der Waals surface area contributed by atoms with Crippen LogP contribution in [0, 0.1) is 5.92 Å². The molecule has 0 fully saturated rings. The number of carboxylic acid groups (broad SMARTS) is 1. The minimum Gasteiger partial charge on any atom is -0.480 e. The van der Waals surface area contributed by atoms with Gasteiger partial charge in [0.25, 0.3) is 0 Å². The van der Waals surface area contributed by atoms with E-state index in [4.69, 9.17) is 5.11 Å². The largest absolute Gasteiger partial charge is 0.480 e. The topological polar surface area (TPSA) is 60.9 Å². The lowest BCUT2D eigenvalue weighted by Gasteiger charge is -2.31. The van der Waals surface area contributed by atoms with Crippen molar-refractivity contribution in [3.8, 4) is 0 Å². The molecule has 0 aromatic heterocycles. The van der Waals surface area contributed by atoms with Gasteiger partial charge < -0.3 is 14.9 Å². The quantitative estimate of drug-likeness (QED) is 0.762. The minimum atomic E-state index is -0.971. The van der Waals surface area contributed by atoms with Crippen molar-refractivity contribution in [2.24, 2.45) is 5.92 Å². The van der Waals surface area contributed by atoms with Gasteiger partial charge in [-0.15, -0.1) is 0 Å². The van der Waals surface area contributed by atoms with Gasteiger partial charge in [-0.05, 0) is 25.7 Å². The van der Waals surface area contributed by atoms with Crippen LogP contribution >= 0.6 is 0 Å². The molecular formula is C13H26N2O3. The van der Waals surface area contributed by atoms with Crippen molar-refractivity contribution < 1.29 is 14.7 Å². The molecule has 0 heterocycles. The van der Waals surface area contributed by atoms with E-state index in [0.29, 0.717) is 12.5 Å². The Balaban J connectivity index is 4.58. The minimum absolute atomic E-state index is 0.116. The molecule has 0 saturated heterocycles. The summed E-state index contributed by atoms with van der Waals surface area (Å²) < 4.78 is 0. The van der Waals surface area contributed by atoms with Gasteiger partial charge in [0, 0.05) is 19.6 Å². The van der Waals surface area contributed by atoms with Crippen molar-refractivity contribution in [2.45, 2.75) is 46.6 Å². The summed E-state index contributed by atoms with van der Waals surface area (Å²) in [5, 5.41) is 8.81. The second kappa shape index (κ2) is 7.95. The SMILES string of the molecule is CCCN(CC(=O)O)C(=O)N(C)C(C)CC(C)C. The highest BCUT2D eigenvalue weighted by Crippen LogP contribution is 2.11. The number of carbonyl (C=O) groups is 2. The van der Waals surface area contributed by atoms with E-state index in [1.807, 2.05) is 13.8 Å². The Morgan fingerprint density at radius 2 is 1.78 bits per heavy atom. The molecule has 5 nitrogen and oxygen atoms in total. The van der Waals surface area contributed by atoms with Crippen molar-refractivity contribution in [1.82, 2.24) is 9.80 Å². The summed E-state index contributed by atoms with van der Waals surface area (Å²) in [5.74, 6) is -0.462. The molecule has 0 saturated carbocycles. The van der Waals surface area contributed by atoms with Crippen LogP contribution in [0.4, 0.5) is 4.79 Å². The fraction of sp³-hybridized carbons (Fsp3) is 0.846. The van der Waals surface area contributed by atoms with Crippen LogP contribution in [0.15, 0.2) is 0 Å². The molecule has 5 heteroatoms. The molecule has 0 aliphatic heterocycles. The maximum Gasteiger partial charge on any atom is 0.323 e. The van der Waals surface area contributed by atoms with E-state index >= 15 is 0 Å². The first-order chi connectivity index (χ1) is 8.29. The standard InChI is InChI=1S/C13H26N2O3/c1-6-7-15(9-12(16)17)13(18)14(5)11(4)8-10(2)3/h10-11H,6-9H2,1-5H3,(H,16,17). The first-order valence-corrected chi connectivity index (χ1v) is 6.53. The van der Waals surface area contributed by atoms with E-state index in [1.54, 1.807) is 11.9 Å². The van der Waals surface area contributed by atoms with Gasteiger partial charge in [-0.2, -0.15) is 0 Å². The van der Waals surface area contributed by atoms with Crippen LogP contribution in [-0.2, 0) is 4.79 Å². The van der Waals surface area contributed by atoms with Crippen LogP contribution in [0.2, 0.25) is 0 Å². The molecule has 0 radical (unpaired) electrons. The molecule has 0 aromatic carbocycles. The molecule has 18 heavy (non-hydrogen) atoms. The van der Waals surface area contributed by atoms with Crippen LogP contribution in [-0.4, -0.2) is 53.1 Å². The highest BCUT2D eigenvalue weighted by molar-refractivity contribution is 5.80. The van der Waals surface area contributed by atoms with Gasteiger partial charge in [0.1, 0.15) is 6.54 Å². The van der Waals surface area contributed by atoms with E-state index in [1.165, 1.54) is 4.90 Å². The average Bonchev–Trinajstić information content (AvgIpc) is 2.25. The predicted molar refractivity (Wildman–Crippen MR) is 71.6 cm³/mol. The number of carboxylic acids is 1. The lowest BCUT2D eigenvalue weighted by molar-refractivity contribution is -0.137. The zero-order valence-corrected chi connectivity index (χ0v) is 12.1. The summed E-state index contributed by atoms with van der Waals surface area (Å²) in [6.07, 6.45) is 1.67. The van der Waals surface area contributed by atoms with E-state index in [-0.39, 0.29) is 18.6 Å². The number of nitrogens with zero attached hydrogens (tertiary/aromatic N) is 2. The van der Waals surface area contributed by atoms with E-state index in [0.717, 1.165) is 12.8 Å². The van der Waals surface area contributed by atoms with Gasteiger partial charge in [-0.25, -0.2) is 4.79 Å². The molecule has 0 aliphatic carbocycles. The summed E-state index contributed by atoms with van der Waals surface area (Å²) in [6.45, 7) is 8.38. The number of urea groups is 1. The maximum absolute atomic E-state index is 12.2. The number of aliphatic carboxylic acids is 1. The molecule has 0 aliphatic rings. The Labute approximate surface area is 110 Å². The Morgan fingerprint density at radius 3 is 2.17 bits per heavy atom. The predicted octanol–water partition coefficient (Wildman–Crippen LogP) is 2.27. The van der Waals surface area contributed by atoms with Gasteiger partial charge in [0.2, 0.25) is 0 Å². The zero-order chi connectivity index (χ0) is 14.3. The molecule has 106 valence electrons. The van der Waals surface area contributed by atoms with Crippen molar-refractivity contribution in [3.63, 3.8) is 0 Å². The number of amides is 2. The van der Waals surface area contributed by atoms with E-state index < -0.39 is 5.97 Å². The number of hydrogen-bond acceptors (Lipinski definition) is 2. The van der Waals surface area contributed by atoms with Crippen LogP contribution in [0.5, 0.6) is 0 Å². The summed E-state index contributed by atoms with van der Waals surface area (Å²) in [6, 6.07) is -0.0851. The maximum atomic E-state index is 12.2. The Kier molecular flexibility index (Phi) is 7.39. The third-order valence-corrected chi connectivity index (χ3v) is 2.87. The number of carbonyl (C=O) groups excluding carboxylic acids is 1. The van der Waals surface area contributed by atoms with Crippen molar-refractivity contribution in [2.75, 3.05) is 20.1 Å². The van der Waals surface area contributed by atoms with Crippen molar-refractivity contribution in [3.05, 3.63) is 0 Å². The second-order valence-corrected chi connectivity index (χ2v) is 5.19. The van der Waals surface area contributed by atoms with Crippen molar-refractivity contribution in [1.29, 1.82) is 0 Å². The molecule has 0 rings (SSSR count). The van der Waals surface area contributed by atoms with Gasteiger partial charge >= 0.3 is 12.0 Å². The number of hydrogen-bond donors (Lipinski definition) is 1. The van der Waals surface area contributed by atoms with Gasteiger partial charge in [0.15, 0.2) is 0 Å². The molecule has 0 aromatic rings. The third-order valence-electron chi connectivity index (χ3n) is 2.87. The first-order valence-electron chi connectivity index (χ1n) is 6.53. The van der Waals surface area contributed by atoms with E-state index in [2.05, 4.69) is 13.8 Å². The molecule has 0 spiro atoms. The first kappa shape index (κ1) is 16.7. The van der Waals surface area contributed by atoms with Crippen molar-refractivity contribution >= 4 is 12.0 Å². The summed E-state index contributed by atoms with van der Waals surface area (Å²) in [5.41, 5.74) is 0. The van der Waals surface area contributed by atoms with Gasteiger partial charge in [-0.3, -0.25) is 4.79 Å². The summed E-state index contributed by atoms with van der Waals surface area (Å²) >= 11 is 0. The summed E-state index contributed by atoms with van der Waals surface area (Å²) in [4.78, 5) is 26.0. The van der Waals surface area contributed by atoms with Crippen LogP contribution < -0.4 is 0 Å². The lowest BCUT2D eigenvalue weighted by atomic mass is 10.0. The van der Waals surface area contributed by atoms with Gasteiger partial charge in [-0.1, -0.05) is 20.8 Å². The summed E-state index contributed by atoms with van der Waals surface area (Å²) in [7, 11) is 1.74. The highest BCUT2D eigenvalue weighted by Gasteiger charge is 2.23. The van der Waals surface area contributed by atoms with Crippen LogP contribution in [0.25, 0.3) is 0 Å². The monoisotopic (exact) mass is 258 g/mol. The Bertz CT molecular complexity index is 279. The zero-order valence-electron chi connectivity index (χ0n) is 12.1. The molecule has 2 amide bonds. The molecular weight excluding hydrogens is 232 g/mol. The normalized spacial score (nSPS) is 12.3. The molecule has 1 unspecified atom stereocenters. The van der Waals surface area contributed by atoms with Crippen LogP contribution in [0.3, 0.4) is 0 Å². The van der Waals surface area contributed by atoms with Crippen LogP contribution in [0.1, 0.15) is 40.5 Å². The fourth-order valence-corrected chi connectivity index (χ4v) is 1.93. The smallest absolute Gasteiger partial charge is 0.323 e. The fourth-order valence-electron chi connectivity index (χ4n) is 1.93. The average molecular weight is 258 g/mol. The highest BCUT2D eigenvalue weighted by atomic mass is 16.4.